The van der Waals surface area contributed by atoms with Crippen LogP contribution in [0.5, 0.6) is 0 Å². The Morgan fingerprint density at radius 3 is 2.48 bits per heavy atom. The predicted octanol–water partition coefficient (Wildman–Crippen LogP) is 4.49. The van der Waals surface area contributed by atoms with Crippen molar-refractivity contribution in [3.8, 4) is 11.4 Å². The van der Waals surface area contributed by atoms with Gasteiger partial charge in [-0.1, -0.05) is 55.8 Å². The first-order chi connectivity index (χ1) is 15.9. The van der Waals surface area contributed by atoms with Crippen molar-refractivity contribution in [2.45, 2.75) is 38.9 Å². The van der Waals surface area contributed by atoms with E-state index in [1.54, 1.807) is 4.80 Å². The van der Waals surface area contributed by atoms with Crippen LogP contribution >= 0.6 is 0 Å². The lowest BCUT2D eigenvalue weighted by atomic mass is 10.1. The summed E-state index contributed by atoms with van der Waals surface area (Å²) in [6.45, 7) is 3.89. The Kier molecular flexibility index (Phi) is 8.53. The van der Waals surface area contributed by atoms with Gasteiger partial charge < -0.3 is 5.32 Å². The number of tetrazole rings is 1. The van der Waals surface area contributed by atoms with Crippen LogP contribution in [0, 0.1) is 0 Å². The minimum atomic E-state index is -4.52. The molecule has 0 atom stereocenters. The van der Waals surface area contributed by atoms with Crippen molar-refractivity contribution in [3.63, 3.8) is 0 Å². The highest BCUT2D eigenvalue weighted by Gasteiger charge is 2.33. The van der Waals surface area contributed by atoms with E-state index in [0.717, 1.165) is 30.9 Å². The molecular weight excluding hydrogens is 433 g/mol. The quantitative estimate of drug-likeness (QED) is 0.427. The lowest BCUT2D eigenvalue weighted by Gasteiger charge is -2.20. The van der Waals surface area contributed by atoms with E-state index in [9.17, 15) is 18.0 Å². The van der Waals surface area contributed by atoms with Gasteiger partial charge in [-0.15, -0.1) is 10.2 Å². The summed E-state index contributed by atoms with van der Waals surface area (Å²) in [6.07, 6.45) is -1.92. The van der Waals surface area contributed by atoms with Gasteiger partial charge >= 0.3 is 6.18 Å². The average Bonchev–Trinajstić information content (AvgIpc) is 3.27. The molecule has 33 heavy (non-hydrogen) atoms. The van der Waals surface area contributed by atoms with Crippen LogP contribution < -0.4 is 5.32 Å². The molecule has 10 heteroatoms. The van der Waals surface area contributed by atoms with Crippen molar-refractivity contribution in [2.75, 3.05) is 25.0 Å². The van der Waals surface area contributed by atoms with Crippen molar-refractivity contribution in [1.29, 1.82) is 0 Å². The summed E-state index contributed by atoms with van der Waals surface area (Å²) in [7, 11) is 0. The number of halogens is 3. The van der Waals surface area contributed by atoms with E-state index in [1.165, 1.54) is 18.2 Å². The molecule has 0 aliphatic heterocycles. The highest BCUT2D eigenvalue weighted by atomic mass is 19.4. The van der Waals surface area contributed by atoms with Gasteiger partial charge in [0.1, 0.15) is 0 Å². The summed E-state index contributed by atoms with van der Waals surface area (Å²) in [4.78, 5) is 15.8. The number of amides is 1. The van der Waals surface area contributed by atoms with Crippen molar-refractivity contribution >= 4 is 11.6 Å². The number of para-hydroxylation sites is 1. The first kappa shape index (κ1) is 24.4. The molecule has 0 unspecified atom stereocenters. The van der Waals surface area contributed by atoms with Gasteiger partial charge in [-0.05, 0) is 43.3 Å². The molecule has 1 amide bonds. The summed E-state index contributed by atoms with van der Waals surface area (Å²) >= 11 is 0. The molecule has 0 aliphatic rings. The Balaban J connectivity index is 1.40. The molecule has 176 valence electrons. The summed E-state index contributed by atoms with van der Waals surface area (Å²) < 4.78 is 39.3. The molecule has 1 aromatic heterocycles. The van der Waals surface area contributed by atoms with E-state index in [1.807, 2.05) is 42.2 Å². The van der Waals surface area contributed by atoms with Crippen LogP contribution in [0.2, 0.25) is 0 Å². The summed E-state index contributed by atoms with van der Waals surface area (Å²) in [5, 5.41) is 14.9. The molecular formula is C23H27F3N6O. The van der Waals surface area contributed by atoms with Crippen LogP contribution in [0.4, 0.5) is 18.9 Å². The number of unbranched alkanes of at least 4 members (excludes halogenated alkanes) is 2. The van der Waals surface area contributed by atoms with Crippen LogP contribution in [-0.4, -0.2) is 50.6 Å². The number of aromatic nitrogens is 4. The van der Waals surface area contributed by atoms with E-state index in [-0.39, 0.29) is 12.2 Å². The molecule has 0 bridgehead atoms. The Bertz CT molecular complexity index is 1020. The maximum Gasteiger partial charge on any atom is 0.418 e. The minimum Gasteiger partial charge on any atom is -0.324 e. The lowest BCUT2D eigenvalue weighted by Crippen LogP contribution is -2.34. The monoisotopic (exact) mass is 460 g/mol. The number of anilines is 1. The molecule has 0 spiro atoms. The second-order valence-corrected chi connectivity index (χ2v) is 7.60. The van der Waals surface area contributed by atoms with Crippen LogP contribution in [0.25, 0.3) is 11.4 Å². The SMILES string of the molecule is CCN(CCCCCn1nnc(-c2ccccc2)n1)CC(=O)Nc1ccccc1C(F)(F)F. The third-order valence-corrected chi connectivity index (χ3v) is 5.14. The number of rotatable bonds is 11. The summed E-state index contributed by atoms with van der Waals surface area (Å²) in [6, 6.07) is 14.6. The number of hydrogen-bond acceptors (Lipinski definition) is 5. The van der Waals surface area contributed by atoms with Gasteiger partial charge in [-0.3, -0.25) is 9.69 Å². The molecule has 0 saturated carbocycles. The fraction of sp³-hybridized carbons (Fsp3) is 0.391. The topological polar surface area (TPSA) is 75.9 Å². The van der Waals surface area contributed by atoms with Gasteiger partial charge in [0.15, 0.2) is 0 Å². The number of hydrogen-bond donors (Lipinski definition) is 1. The molecule has 3 aromatic rings. The van der Waals surface area contributed by atoms with Crippen LogP contribution in [0.3, 0.4) is 0 Å². The van der Waals surface area contributed by atoms with E-state index >= 15 is 0 Å². The maximum atomic E-state index is 13.1. The first-order valence-electron chi connectivity index (χ1n) is 10.9. The second kappa shape index (κ2) is 11.6. The van der Waals surface area contributed by atoms with E-state index in [0.29, 0.717) is 25.5 Å². The zero-order chi connectivity index (χ0) is 23.7. The van der Waals surface area contributed by atoms with Crippen molar-refractivity contribution in [3.05, 3.63) is 60.2 Å². The number of nitrogens with one attached hydrogen (secondary N) is 1. The van der Waals surface area contributed by atoms with Gasteiger partial charge in [0.2, 0.25) is 11.7 Å². The Morgan fingerprint density at radius 1 is 1.03 bits per heavy atom. The Hall–Kier alpha value is -3.27. The molecule has 3 rings (SSSR count). The van der Waals surface area contributed by atoms with Gasteiger partial charge in [0.25, 0.3) is 0 Å². The van der Waals surface area contributed by atoms with Crippen LogP contribution in [0.15, 0.2) is 54.6 Å². The maximum absolute atomic E-state index is 13.1. The number of nitrogens with zero attached hydrogens (tertiary/aromatic N) is 5. The molecule has 2 aromatic carbocycles. The average molecular weight is 461 g/mol. The number of benzene rings is 2. The first-order valence-corrected chi connectivity index (χ1v) is 10.9. The van der Waals surface area contributed by atoms with Gasteiger partial charge in [0.05, 0.1) is 24.3 Å². The van der Waals surface area contributed by atoms with E-state index in [4.69, 9.17) is 0 Å². The number of likely N-dealkylation sites (N-methyl/N-ethyl adjacent to an activating group) is 1. The van der Waals surface area contributed by atoms with Gasteiger partial charge in [-0.2, -0.15) is 18.0 Å². The fourth-order valence-electron chi connectivity index (χ4n) is 3.39. The molecule has 0 radical (unpaired) electrons. The third-order valence-electron chi connectivity index (χ3n) is 5.14. The second-order valence-electron chi connectivity index (χ2n) is 7.60. The standard InChI is InChI=1S/C23H27F3N6O/c1-2-31(17-21(33)27-20-14-8-7-13-19(20)23(24,25)26)15-9-4-10-16-32-29-22(28-30-32)18-11-5-3-6-12-18/h3,5-8,11-14H,2,4,9-10,15-17H2,1H3,(H,27,33). The summed E-state index contributed by atoms with van der Waals surface area (Å²) in [5.41, 5.74) is -0.154. The third kappa shape index (κ3) is 7.38. The molecule has 0 aliphatic carbocycles. The lowest BCUT2D eigenvalue weighted by molar-refractivity contribution is -0.137. The van der Waals surface area contributed by atoms with Crippen LogP contribution in [0.1, 0.15) is 31.7 Å². The highest BCUT2D eigenvalue weighted by molar-refractivity contribution is 5.93. The van der Waals surface area contributed by atoms with E-state index in [2.05, 4.69) is 20.7 Å². The molecule has 7 nitrogen and oxygen atoms in total. The highest BCUT2D eigenvalue weighted by Crippen LogP contribution is 2.34. The van der Waals surface area contributed by atoms with Crippen molar-refractivity contribution in [1.82, 2.24) is 25.1 Å². The molecule has 1 heterocycles. The molecule has 1 N–H and O–H groups in total. The minimum absolute atomic E-state index is 0.0355. The zero-order valence-corrected chi connectivity index (χ0v) is 18.4. The van der Waals surface area contributed by atoms with Crippen LogP contribution in [-0.2, 0) is 17.5 Å². The normalized spacial score (nSPS) is 11.7. The largest absolute Gasteiger partial charge is 0.418 e. The molecule has 0 fully saturated rings. The predicted molar refractivity (Wildman–Crippen MR) is 119 cm³/mol. The number of aryl methyl sites for hydroxylation is 1. The van der Waals surface area contributed by atoms with Crippen molar-refractivity contribution < 1.29 is 18.0 Å². The van der Waals surface area contributed by atoms with Gasteiger partial charge in [0, 0.05) is 5.56 Å². The number of carbonyl (C=O) groups excluding carboxylic acids is 1. The Labute approximate surface area is 190 Å². The zero-order valence-electron chi connectivity index (χ0n) is 18.4. The van der Waals surface area contributed by atoms with Crippen molar-refractivity contribution in [2.24, 2.45) is 0 Å². The van der Waals surface area contributed by atoms with Gasteiger partial charge in [-0.25, -0.2) is 0 Å². The van der Waals surface area contributed by atoms with E-state index < -0.39 is 17.6 Å². The number of carbonyl (C=O) groups is 1. The fourth-order valence-corrected chi connectivity index (χ4v) is 3.39. The smallest absolute Gasteiger partial charge is 0.324 e. The summed E-state index contributed by atoms with van der Waals surface area (Å²) in [5.74, 6) is 0.125. The number of alkyl halides is 3. The Morgan fingerprint density at radius 2 is 1.76 bits per heavy atom. The molecule has 0 saturated heterocycles.